The van der Waals surface area contributed by atoms with Crippen molar-refractivity contribution in [3.8, 4) is 11.3 Å². The lowest BCUT2D eigenvalue weighted by atomic mass is 9.87. The number of pyridine rings is 1. The van der Waals surface area contributed by atoms with Crippen molar-refractivity contribution >= 4 is 38.4 Å². The Morgan fingerprint density at radius 3 is 1.97 bits per heavy atom. The summed E-state index contributed by atoms with van der Waals surface area (Å²) in [6.07, 6.45) is 2.26. The highest BCUT2D eigenvalue weighted by atomic mass is 15.1. The normalized spacial score (nSPS) is 12.3. The topological polar surface area (TPSA) is 22.2 Å². The van der Waals surface area contributed by atoms with Crippen LogP contribution in [0.5, 0.6) is 0 Å². The molecule has 3 heteroatoms. The molecule has 6 aromatic rings. The highest BCUT2D eigenvalue weighted by Gasteiger charge is 2.21. The van der Waals surface area contributed by atoms with Crippen molar-refractivity contribution in [1.82, 2.24) is 14.0 Å². The van der Waals surface area contributed by atoms with E-state index < -0.39 is 0 Å². The van der Waals surface area contributed by atoms with Crippen LogP contribution in [0, 0.1) is 0 Å². The summed E-state index contributed by atoms with van der Waals surface area (Å²) in [6, 6.07) is 24.1. The Balaban J connectivity index is 1.82. The summed E-state index contributed by atoms with van der Waals surface area (Å²) in [5.74, 6) is 0.857. The molecule has 6 rings (SSSR count). The molecular weight excluding hydrogens is 402 g/mol. The minimum absolute atomic E-state index is 0.429. The molecule has 3 aromatic carbocycles. The van der Waals surface area contributed by atoms with Gasteiger partial charge in [-0.05, 0) is 34.4 Å². The minimum atomic E-state index is 0.429. The third kappa shape index (κ3) is 2.78. The second kappa shape index (κ2) is 7.21. The van der Waals surface area contributed by atoms with Crippen LogP contribution < -0.4 is 0 Å². The molecule has 3 heterocycles. The van der Waals surface area contributed by atoms with Crippen molar-refractivity contribution in [2.45, 2.75) is 39.5 Å². The summed E-state index contributed by atoms with van der Waals surface area (Å²) in [5, 5.41) is 5.03. The molecule has 0 atom stereocenters. The van der Waals surface area contributed by atoms with Gasteiger partial charge in [-0.1, -0.05) is 88.4 Å². The first-order valence-corrected chi connectivity index (χ1v) is 11.9. The molecule has 33 heavy (non-hydrogen) atoms. The first-order chi connectivity index (χ1) is 16.0. The van der Waals surface area contributed by atoms with Gasteiger partial charge in [0.05, 0.1) is 11.2 Å². The van der Waals surface area contributed by atoms with Crippen LogP contribution in [0.15, 0.2) is 72.9 Å². The van der Waals surface area contributed by atoms with Crippen molar-refractivity contribution in [3.63, 3.8) is 0 Å². The van der Waals surface area contributed by atoms with Gasteiger partial charge in [0, 0.05) is 35.0 Å². The van der Waals surface area contributed by atoms with Crippen LogP contribution in [0.3, 0.4) is 0 Å². The molecule has 3 nitrogen and oxygen atoms in total. The maximum Gasteiger partial charge on any atom is 0.147 e. The van der Waals surface area contributed by atoms with Gasteiger partial charge >= 0.3 is 0 Å². The summed E-state index contributed by atoms with van der Waals surface area (Å²) in [6.45, 7) is 9.10. The van der Waals surface area contributed by atoms with Crippen LogP contribution in [-0.4, -0.2) is 14.0 Å². The van der Waals surface area contributed by atoms with Crippen LogP contribution >= 0.6 is 0 Å². The summed E-state index contributed by atoms with van der Waals surface area (Å²) >= 11 is 0. The predicted molar refractivity (Wildman–Crippen MR) is 140 cm³/mol. The van der Waals surface area contributed by atoms with E-state index in [1.165, 1.54) is 49.4 Å². The molecule has 164 valence electrons. The van der Waals surface area contributed by atoms with Crippen LogP contribution in [0.25, 0.3) is 49.6 Å². The standard InChI is InChI=1S/C30H29N3/c1-18(2)20-14-10-15-21(19(3)4)27(20)25-17-33-29(31-25)23-12-7-6-11-22(23)28-24-13-8-9-16-26(24)32(5)30(28)33/h6-19H,1-5H3. The minimum Gasteiger partial charge on any atom is -0.329 e. The molecule has 0 fully saturated rings. The van der Waals surface area contributed by atoms with E-state index in [0.29, 0.717) is 11.8 Å². The van der Waals surface area contributed by atoms with E-state index >= 15 is 0 Å². The summed E-state index contributed by atoms with van der Waals surface area (Å²) in [7, 11) is 2.17. The van der Waals surface area contributed by atoms with Crippen molar-refractivity contribution in [2.75, 3.05) is 0 Å². The number of fused-ring (bicyclic) bond motifs is 8. The second-order valence-corrected chi connectivity index (χ2v) is 9.76. The van der Waals surface area contributed by atoms with Crippen molar-refractivity contribution in [3.05, 3.63) is 84.1 Å². The number of hydrogen-bond acceptors (Lipinski definition) is 1. The number of hydrogen-bond donors (Lipinski definition) is 0. The average Bonchev–Trinajstić information content (AvgIpc) is 3.39. The first kappa shape index (κ1) is 20.0. The Labute approximate surface area is 194 Å². The lowest BCUT2D eigenvalue weighted by Gasteiger charge is -2.18. The number of nitrogens with zero attached hydrogens (tertiary/aromatic N) is 3. The lowest BCUT2D eigenvalue weighted by Crippen LogP contribution is -1.99. The number of aryl methyl sites for hydroxylation is 1. The molecule has 0 unspecified atom stereocenters. The Morgan fingerprint density at radius 2 is 1.30 bits per heavy atom. The molecule has 0 aliphatic heterocycles. The Bertz CT molecular complexity index is 1650. The van der Waals surface area contributed by atoms with E-state index in [4.69, 9.17) is 4.98 Å². The quantitative estimate of drug-likeness (QED) is 0.278. The van der Waals surface area contributed by atoms with Crippen LogP contribution in [0.1, 0.15) is 50.7 Å². The Kier molecular flexibility index (Phi) is 4.38. The smallest absolute Gasteiger partial charge is 0.147 e. The molecule has 0 aliphatic rings. The Hall–Kier alpha value is -3.59. The molecular formula is C30H29N3. The van der Waals surface area contributed by atoms with Gasteiger partial charge in [-0.3, -0.25) is 4.40 Å². The summed E-state index contributed by atoms with van der Waals surface area (Å²) < 4.78 is 4.63. The zero-order chi connectivity index (χ0) is 22.9. The lowest BCUT2D eigenvalue weighted by molar-refractivity contribution is 0.837. The zero-order valence-corrected chi connectivity index (χ0v) is 19.9. The number of para-hydroxylation sites is 1. The fraction of sp³-hybridized carbons (Fsp3) is 0.233. The molecule has 0 N–H and O–H groups in total. The molecule has 0 amide bonds. The van der Waals surface area contributed by atoms with Crippen molar-refractivity contribution < 1.29 is 0 Å². The van der Waals surface area contributed by atoms with Gasteiger partial charge < -0.3 is 4.57 Å². The van der Waals surface area contributed by atoms with Crippen molar-refractivity contribution in [1.29, 1.82) is 0 Å². The molecule has 0 saturated carbocycles. The molecule has 0 spiro atoms. The van der Waals surface area contributed by atoms with E-state index in [1.54, 1.807) is 0 Å². The largest absolute Gasteiger partial charge is 0.329 e. The fourth-order valence-corrected chi connectivity index (χ4v) is 5.52. The van der Waals surface area contributed by atoms with Crippen LogP contribution in [-0.2, 0) is 7.05 Å². The highest BCUT2D eigenvalue weighted by molar-refractivity contribution is 6.22. The van der Waals surface area contributed by atoms with Crippen LogP contribution in [0.4, 0.5) is 0 Å². The number of imidazole rings is 1. The molecule has 3 aromatic heterocycles. The van der Waals surface area contributed by atoms with E-state index in [0.717, 1.165) is 11.3 Å². The van der Waals surface area contributed by atoms with Gasteiger partial charge in [0.1, 0.15) is 11.3 Å². The van der Waals surface area contributed by atoms with Gasteiger partial charge in [0.25, 0.3) is 0 Å². The number of benzene rings is 3. The van der Waals surface area contributed by atoms with Crippen molar-refractivity contribution in [2.24, 2.45) is 7.05 Å². The number of rotatable bonds is 3. The van der Waals surface area contributed by atoms with Gasteiger partial charge in [-0.2, -0.15) is 0 Å². The maximum absolute atomic E-state index is 5.31. The highest BCUT2D eigenvalue weighted by Crippen LogP contribution is 2.40. The molecule has 0 bridgehead atoms. The second-order valence-electron chi connectivity index (χ2n) is 9.76. The molecule has 0 aliphatic carbocycles. The molecule has 0 saturated heterocycles. The Morgan fingerprint density at radius 1 is 0.697 bits per heavy atom. The average molecular weight is 432 g/mol. The SMILES string of the molecule is CC(C)c1cccc(C(C)C)c1-c1cn2c(n1)c1ccccc1c1c3ccccc3n(C)c12. The zero-order valence-electron chi connectivity index (χ0n) is 19.9. The molecule has 0 radical (unpaired) electrons. The van der Waals surface area contributed by atoms with Crippen LogP contribution in [0.2, 0.25) is 0 Å². The summed E-state index contributed by atoms with van der Waals surface area (Å²) in [5.41, 5.74) is 8.53. The van der Waals surface area contributed by atoms with E-state index in [1.807, 2.05) is 0 Å². The van der Waals surface area contributed by atoms with Gasteiger partial charge in [0.15, 0.2) is 0 Å². The van der Waals surface area contributed by atoms with Gasteiger partial charge in [-0.15, -0.1) is 0 Å². The summed E-state index contributed by atoms with van der Waals surface area (Å²) in [4.78, 5) is 5.31. The maximum atomic E-state index is 5.31. The third-order valence-electron chi connectivity index (χ3n) is 7.08. The number of aromatic nitrogens is 3. The fourth-order valence-electron chi connectivity index (χ4n) is 5.52. The van der Waals surface area contributed by atoms with E-state index in [-0.39, 0.29) is 0 Å². The first-order valence-electron chi connectivity index (χ1n) is 11.9. The third-order valence-corrected chi connectivity index (χ3v) is 7.08. The van der Waals surface area contributed by atoms with E-state index in [9.17, 15) is 0 Å². The monoisotopic (exact) mass is 431 g/mol. The van der Waals surface area contributed by atoms with E-state index in [2.05, 4.69) is 117 Å². The van der Waals surface area contributed by atoms with Gasteiger partial charge in [-0.25, -0.2) is 4.98 Å². The predicted octanol–water partition coefficient (Wildman–Crippen LogP) is 8.05. The van der Waals surface area contributed by atoms with Gasteiger partial charge in [0.2, 0.25) is 0 Å².